The molecule has 0 amide bonds. The normalized spacial score (nSPS) is 10.9. The van der Waals surface area contributed by atoms with Crippen molar-refractivity contribution in [1.29, 1.82) is 0 Å². The molecule has 0 bridgehead atoms. The summed E-state index contributed by atoms with van der Waals surface area (Å²) in [7, 11) is 0. The van der Waals surface area contributed by atoms with Crippen LogP contribution in [-0.4, -0.2) is 22.2 Å². The van der Waals surface area contributed by atoms with Gasteiger partial charge in [0, 0.05) is 0 Å². The van der Waals surface area contributed by atoms with Gasteiger partial charge < -0.3 is 10.2 Å². The molecule has 0 atom stereocenters. The molecule has 0 unspecified atom stereocenters. The molecule has 0 spiro atoms. The van der Waals surface area contributed by atoms with Gasteiger partial charge in [-0.3, -0.25) is 9.59 Å². The van der Waals surface area contributed by atoms with Gasteiger partial charge in [-0.1, -0.05) is 31.9 Å². The van der Waals surface area contributed by atoms with E-state index in [2.05, 4.69) is 0 Å². The van der Waals surface area contributed by atoms with Crippen LogP contribution >= 0.6 is 0 Å². The van der Waals surface area contributed by atoms with Gasteiger partial charge in [-0.25, -0.2) is 0 Å². The van der Waals surface area contributed by atoms with Gasteiger partial charge in [0.05, 0.1) is 0 Å². The maximum absolute atomic E-state index is 10.4. The van der Waals surface area contributed by atoms with Crippen molar-refractivity contribution in [2.24, 2.45) is 5.92 Å². The molecule has 0 saturated heterocycles. The van der Waals surface area contributed by atoms with Crippen LogP contribution in [0.4, 0.5) is 0 Å². The lowest BCUT2D eigenvalue weighted by Crippen LogP contribution is -2.20. The smallest absolute Gasteiger partial charge is 0.321 e. The van der Waals surface area contributed by atoms with Gasteiger partial charge in [0.1, 0.15) is 0 Å². The number of aliphatic carboxylic acids is 2. The molecule has 0 aliphatic carbocycles. The number of carbonyl (C=O) groups is 2. The van der Waals surface area contributed by atoms with Crippen molar-refractivity contribution in [2.45, 2.75) is 26.2 Å². The third-order valence-corrected chi connectivity index (χ3v) is 1.58. The Labute approximate surface area is 76.9 Å². The van der Waals surface area contributed by atoms with E-state index >= 15 is 0 Å². The molecule has 4 heteroatoms. The minimum absolute atomic E-state index is 0.730. The van der Waals surface area contributed by atoms with Crippen molar-refractivity contribution in [3.05, 3.63) is 12.2 Å². The highest BCUT2D eigenvalue weighted by Gasteiger charge is 2.21. The second-order valence-corrected chi connectivity index (χ2v) is 2.72. The number of carboxylic acid groups (broad SMARTS) is 2. The van der Waals surface area contributed by atoms with E-state index in [0.29, 0.717) is 0 Å². The van der Waals surface area contributed by atoms with Crippen LogP contribution in [0.3, 0.4) is 0 Å². The number of rotatable bonds is 6. The summed E-state index contributed by atoms with van der Waals surface area (Å²) >= 11 is 0. The number of carboxylic acids is 2. The molecule has 0 aromatic carbocycles. The van der Waals surface area contributed by atoms with E-state index in [1.807, 2.05) is 6.92 Å². The van der Waals surface area contributed by atoms with Gasteiger partial charge in [-0.15, -0.1) is 0 Å². The van der Waals surface area contributed by atoms with Crippen LogP contribution < -0.4 is 0 Å². The lowest BCUT2D eigenvalue weighted by molar-refractivity contribution is -0.151. The Morgan fingerprint density at radius 2 is 1.85 bits per heavy atom. The lowest BCUT2D eigenvalue weighted by Gasteiger charge is -1.99. The fraction of sp³-hybridized carbons (Fsp3) is 0.556. The van der Waals surface area contributed by atoms with E-state index in [9.17, 15) is 9.59 Å². The predicted molar refractivity (Wildman–Crippen MR) is 47.4 cm³/mol. The quantitative estimate of drug-likeness (QED) is 0.374. The van der Waals surface area contributed by atoms with E-state index < -0.39 is 17.9 Å². The lowest BCUT2D eigenvalue weighted by atomic mass is 10.1. The van der Waals surface area contributed by atoms with Crippen LogP contribution in [-0.2, 0) is 9.59 Å². The Morgan fingerprint density at radius 1 is 1.31 bits per heavy atom. The monoisotopic (exact) mass is 186 g/mol. The SMILES string of the molecule is CCCC/C=C\C(C(=O)O)C(=O)O. The van der Waals surface area contributed by atoms with Crippen LogP contribution in [0, 0.1) is 5.92 Å². The minimum Gasteiger partial charge on any atom is -0.480 e. The zero-order chi connectivity index (χ0) is 10.3. The Bertz CT molecular complexity index is 194. The fourth-order valence-electron chi connectivity index (χ4n) is 0.825. The fourth-order valence-corrected chi connectivity index (χ4v) is 0.825. The minimum atomic E-state index is -1.41. The van der Waals surface area contributed by atoms with Crippen LogP contribution in [0.25, 0.3) is 0 Å². The van der Waals surface area contributed by atoms with Gasteiger partial charge in [0.2, 0.25) is 0 Å². The van der Waals surface area contributed by atoms with Crippen LogP contribution in [0.5, 0.6) is 0 Å². The average Bonchev–Trinajstić information content (AvgIpc) is 2.02. The van der Waals surface area contributed by atoms with Crippen molar-refractivity contribution < 1.29 is 19.8 Å². The number of unbranched alkanes of at least 4 members (excludes halogenated alkanes) is 2. The summed E-state index contributed by atoms with van der Waals surface area (Å²) in [6, 6.07) is 0. The molecular formula is C9H14O4. The van der Waals surface area contributed by atoms with Crippen molar-refractivity contribution in [3.8, 4) is 0 Å². The summed E-state index contributed by atoms with van der Waals surface area (Å²) in [5.41, 5.74) is 0. The first-order chi connectivity index (χ1) is 6.09. The maximum Gasteiger partial charge on any atom is 0.321 e. The molecule has 0 saturated carbocycles. The van der Waals surface area contributed by atoms with Gasteiger partial charge in [-0.05, 0) is 6.42 Å². The molecule has 13 heavy (non-hydrogen) atoms. The van der Waals surface area contributed by atoms with Crippen LogP contribution in [0.1, 0.15) is 26.2 Å². The maximum atomic E-state index is 10.4. The second-order valence-electron chi connectivity index (χ2n) is 2.72. The molecule has 0 heterocycles. The highest BCUT2D eigenvalue weighted by atomic mass is 16.4. The number of hydrogen-bond acceptors (Lipinski definition) is 2. The summed E-state index contributed by atoms with van der Waals surface area (Å²) in [4.78, 5) is 20.7. The predicted octanol–water partition coefficient (Wildman–Crippen LogP) is 1.52. The Balaban J connectivity index is 4.03. The first-order valence-electron chi connectivity index (χ1n) is 4.21. The Morgan fingerprint density at radius 3 is 2.23 bits per heavy atom. The zero-order valence-corrected chi connectivity index (χ0v) is 7.56. The van der Waals surface area contributed by atoms with Crippen molar-refractivity contribution in [2.75, 3.05) is 0 Å². The largest absolute Gasteiger partial charge is 0.480 e. The van der Waals surface area contributed by atoms with E-state index in [4.69, 9.17) is 10.2 Å². The van der Waals surface area contributed by atoms with Crippen LogP contribution in [0.2, 0.25) is 0 Å². The highest BCUT2D eigenvalue weighted by Crippen LogP contribution is 2.02. The average molecular weight is 186 g/mol. The van der Waals surface area contributed by atoms with Gasteiger partial charge >= 0.3 is 11.9 Å². The first kappa shape index (κ1) is 11.7. The summed E-state index contributed by atoms with van der Waals surface area (Å²) < 4.78 is 0. The Kier molecular flexibility index (Phi) is 5.59. The zero-order valence-electron chi connectivity index (χ0n) is 7.56. The standard InChI is InChI=1S/C9H14O4/c1-2-3-4-5-6-7(8(10)11)9(12)13/h5-7H,2-4H2,1H3,(H,10,11)(H,12,13)/b6-5-. The molecule has 0 radical (unpaired) electrons. The highest BCUT2D eigenvalue weighted by molar-refractivity contribution is 5.94. The van der Waals surface area contributed by atoms with Crippen LogP contribution in [0.15, 0.2) is 12.2 Å². The van der Waals surface area contributed by atoms with Crippen molar-refractivity contribution in [3.63, 3.8) is 0 Å². The molecule has 0 aliphatic rings. The summed E-state index contributed by atoms with van der Waals surface area (Å²) in [6.45, 7) is 2.01. The van der Waals surface area contributed by atoms with Crippen molar-refractivity contribution >= 4 is 11.9 Å². The molecular weight excluding hydrogens is 172 g/mol. The molecule has 0 rings (SSSR count). The van der Waals surface area contributed by atoms with E-state index in [1.54, 1.807) is 6.08 Å². The van der Waals surface area contributed by atoms with Gasteiger partial charge in [0.15, 0.2) is 5.92 Å². The van der Waals surface area contributed by atoms with E-state index in [-0.39, 0.29) is 0 Å². The molecule has 74 valence electrons. The number of allylic oxidation sites excluding steroid dienone is 1. The topological polar surface area (TPSA) is 74.6 Å². The second kappa shape index (κ2) is 6.22. The van der Waals surface area contributed by atoms with Gasteiger partial charge in [-0.2, -0.15) is 0 Å². The molecule has 0 aliphatic heterocycles. The first-order valence-corrected chi connectivity index (χ1v) is 4.21. The van der Waals surface area contributed by atoms with E-state index in [0.717, 1.165) is 19.3 Å². The summed E-state index contributed by atoms with van der Waals surface area (Å²) in [5.74, 6) is -4.04. The molecule has 2 N–H and O–H groups in total. The Hall–Kier alpha value is -1.32. The number of hydrogen-bond donors (Lipinski definition) is 2. The third-order valence-electron chi connectivity index (χ3n) is 1.58. The van der Waals surface area contributed by atoms with Gasteiger partial charge in [0.25, 0.3) is 0 Å². The molecule has 4 nitrogen and oxygen atoms in total. The van der Waals surface area contributed by atoms with E-state index in [1.165, 1.54) is 6.08 Å². The summed E-state index contributed by atoms with van der Waals surface area (Å²) in [5, 5.41) is 16.9. The molecule has 0 aromatic heterocycles. The summed E-state index contributed by atoms with van der Waals surface area (Å²) in [6.07, 6.45) is 5.52. The molecule has 0 aromatic rings. The van der Waals surface area contributed by atoms with Crippen molar-refractivity contribution in [1.82, 2.24) is 0 Å². The third kappa shape index (κ3) is 5.00. The molecule has 0 fully saturated rings.